The lowest BCUT2D eigenvalue weighted by Crippen LogP contribution is -2.40. The first kappa shape index (κ1) is 22.7. The SMILES string of the molecule is Cc1ccccc1C(=O)Nc1ccc(S(=O)(=O)NC(C)(C)c2ccccc2)c2ccccc12. The number of amides is 1. The molecule has 4 rings (SSSR count). The van der Waals surface area contributed by atoms with Crippen molar-refractivity contribution in [2.75, 3.05) is 5.32 Å². The number of hydrogen-bond donors (Lipinski definition) is 2. The number of anilines is 1. The summed E-state index contributed by atoms with van der Waals surface area (Å²) < 4.78 is 29.7. The van der Waals surface area contributed by atoms with Crippen LogP contribution in [0.15, 0.2) is 95.9 Å². The number of nitrogens with one attached hydrogen (secondary N) is 2. The number of rotatable bonds is 6. The predicted octanol–water partition coefficient (Wildman–Crippen LogP) is 5.61. The summed E-state index contributed by atoms with van der Waals surface area (Å²) >= 11 is 0. The Labute approximate surface area is 194 Å². The summed E-state index contributed by atoms with van der Waals surface area (Å²) in [6.45, 7) is 5.54. The maximum absolute atomic E-state index is 13.4. The highest BCUT2D eigenvalue weighted by atomic mass is 32.2. The highest BCUT2D eigenvalue weighted by molar-refractivity contribution is 7.89. The second kappa shape index (κ2) is 8.81. The van der Waals surface area contributed by atoms with Crippen molar-refractivity contribution in [3.05, 3.63) is 108 Å². The van der Waals surface area contributed by atoms with Gasteiger partial charge in [0.15, 0.2) is 0 Å². The minimum Gasteiger partial charge on any atom is -0.321 e. The molecule has 0 spiro atoms. The Morgan fingerprint density at radius 3 is 2.06 bits per heavy atom. The monoisotopic (exact) mass is 458 g/mol. The number of aryl methyl sites for hydroxylation is 1. The van der Waals surface area contributed by atoms with E-state index in [9.17, 15) is 13.2 Å². The van der Waals surface area contributed by atoms with Crippen LogP contribution in [0, 0.1) is 6.92 Å². The van der Waals surface area contributed by atoms with Gasteiger partial charge in [-0.3, -0.25) is 4.79 Å². The first-order valence-electron chi connectivity index (χ1n) is 10.7. The lowest BCUT2D eigenvalue weighted by atomic mass is 9.96. The average Bonchev–Trinajstić information content (AvgIpc) is 2.79. The molecule has 2 N–H and O–H groups in total. The third kappa shape index (κ3) is 4.67. The van der Waals surface area contributed by atoms with E-state index in [1.807, 2.05) is 81.4 Å². The van der Waals surface area contributed by atoms with Crippen LogP contribution in [-0.2, 0) is 15.6 Å². The Bertz CT molecular complexity index is 1430. The van der Waals surface area contributed by atoms with Crippen LogP contribution in [0.25, 0.3) is 10.8 Å². The fourth-order valence-corrected chi connectivity index (χ4v) is 5.55. The topological polar surface area (TPSA) is 75.3 Å². The minimum atomic E-state index is -3.86. The molecule has 4 aromatic rings. The molecular formula is C27H26N2O3S. The first-order valence-corrected chi connectivity index (χ1v) is 12.2. The third-order valence-electron chi connectivity index (χ3n) is 5.70. The molecule has 0 bridgehead atoms. The molecule has 0 saturated carbocycles. The normalized spacial score (nSPS) is 12.0. The van der Waals surface area contributed by atoms with Gasteiger partial charge in [0.05, 0.1) is 10.4 Å². The number of hydrogen-bond acceptors (Lipinski definition) is 3. The molecule has 0 fully saturated rings. The molecule has 0 aliphatic heterocycles. The summed E-state index contributed by atoms with van der Waals surface area (Å²) in [7, 11) is -3.86. The van der Waals surface area contributed by atoms with E-state index in [0.717, 1.165) is 11.1 Å². The van der Waals surface area contributed by atoms with Crippen molar-refractivity contribution in [3.8, 4) is 0 Å². The molecule has 0 aliphatic carbocycles. The largest absolute Gasteiger partial charge is 0.321 e. The summed E-state index contributed by atoms with van der Waals surface area (Å²) in [6, 6.07) is 27.1. The van der Waals surface area contributed by atoms with Gasteiger partial charge < -0.3 is 5.32 Å². The van der Waals surface area contributed by atoms with Crippen molar-refractivity contribution in [1.82, 2.24) is 4.72 Å². The van der Waals surface area contributed by atoms with E-state index in [1.165, 1.54) is 0 Å². The van der Waals surface area contributed by atoms with Gasteiger partial charge in [0.25, 0.3) is 5.91 Å². The fraction of sp³-hybridized carbons (Fsp3) is 0.148. The van der Waals surface area contributed by atoms with E-state index < -0.39 is 15.6 Å². The molecule has 0 saturated heterocycles. The molecule has 1 amide bonds. The van der Waals surface area contributed by atoms with Crippen LogP contribution < -0.4 is 10.0 Å². The Hall–Kier alpha value is -3.48. The average molecular weight is 459 g/mol. The number of fused-ring (bicyclic) bond motifs is 1. The Balaban J connectivity index is 1.72. The van der Waals surface area contributed by atoms with Crippen LogP contribution >= 0.6 is 0 Å². The quantitative estimate of drug-likeness (QED) is 0.394. The predicted molar refractivity (Wildman–Crippen MR) is 133 cm³/mol. The Morgan fingerprint density at radius 2 is 1.36 bits per heavy atom. The standard InChI is InChI=1S/C27H26N2O3S/c1-19-11-7-8-14-21(19)26(30)28-24-17-18-25(23-16-10-9-15-22(23)24)33(31,32)29-27(2,3)20-12-5-4-6-13-20/h4-18,29H,1-3H3,(H,28,30). The van der Waals surface area contributed by atoms with Gasteiger partial charge in [-0.1, -0.05) is 72.8 Å². The molecule has 4 aromatic carbocycles. The first-order chi connectivity index (χ1) is 15.7. The van der Waals surface area contributed by atoms with E-state index in [-0.39, 0.29) is 10.8 Å². The summed E-state index contributed by atoms with van der Waals surface area (Å²) in [4.78, 5) is 13.0. The number of carbonyl (C=O) groups excluding carboxylic acids is 1. The zero-order chi connectivity index (χ0) is 23.6. The maximum Gasteiger partial charge on any atom is 0.255 e. The molecule has 5 nitrogen and oxygen atoms in total. The number of benzene rings is 4. The van der Waals surface area contributed by atoms with Crippen molar-refractivity contribution >= 4 is 32.4 Å². The van der Waals surface area contributed by atoms with Gasteiger partial charge in [-0.05, 0) is 50.1 Å². The summed E-state index contributed by atoms with van der Waals surface area (Å²) in [5.41, 5.74) is 2.05. The summed E-state index contributed by atoms with van der Waals surface area (Å²) in [5, 5.41) is 4.13. The van der Waals surface area contributed by atoms with Crippen LogP contribution in [0.5, 0.6) is 0 Å². The van der Waals surface area contributed by atoms with E-state index in [2.05, 4.69) is 10.0 Å². The molecule has 0 aliphatic rings. The van der Waals surface area contributed by atoms with Gasteiger partial charge in [0.2, 0.25) is 10.0 Å². The number of sulfonamides is 1. The number of carbonyl (C=O) groups is 1. The van der Waals surface area contributed by atoms with Gasteiger partial charge in [0, 0.05) is 22.0 Å². The lowest BCUT2D eigenvalue weighted by Gasteiger charge is -2.27. The summed E-state index contributed by atoms with van der Waals surface area (Å²) in [6.07, 6.45) is 0. The second-order valence-electron chi connectivity index (χ2n) is 8.52. The van der Waals surface area contributed by atoms with Crippen molar-refractivity contribution in [2.24, 2.45) is 0 Å². The minimum absolute atomic E-state index is 0.163. The molecule has 33 heavy (non-hydrogen) atoms. The summed E-state index contributed by atoms with van der Waals surface area (Å²) in [5.74, 6) is -0.239. The molecule has 0 radical (unpaired) electrons. The molecule has 0 atom stereocenters. The van der Waals surface area contributed by atoms with Gasteiger partial charge in [-0.2, -0.15) is 0 Å². The third-order valence-corrected chi connectivity index (χ3v) is 7.41. The van der Waals surface area contributed by atoms with Crippen molar-refractivity contribution in [2.45, 2.75) is 31.2 Å². The van der Waals surface area contributed by atoms with Gasteiger partial charge in [-0.25, -0.2) is 13.1 Å². The maximum atomic E-state index is 13.4. The molecule has 0 aromatic heterocycles. The molecular weight excluding hydrogens is 432 g/mol. The van der Waals surface area contributed by atoms with E-state index >= 15 is 0 Å². The van der Waals surface area contributed by atoms with Gasteiger partial charge >= 0.3 is 0 Å². The smallest absolute Gasteiger partial charge is 0.255 e. The van der Waals surface area contributed by atoms with Crippen LogP contribution in [0.2, 0.25) is 0 Å². The Kier molecular flexibility index (Phi) is 6.06. The van der Waals surface area contributed by atoms with E-state index in [0.29, 0.717) is 22.0 Å². The van der Waals surface area contributed by atoms with Crippen molar-refractivity contribution < 1.29 is 13.2 Å². The highest BCUT2D eigenvalue weighted by Crippen LogP contribution is 2.32. The molecule has 168 valence electrons. The highest BCUT2D eigenvalue weighted by Gasteiger charge is 2.29. The lowest BCUT2D eigenvalue weighted by molar-refractivity contribution is 0.102. The van der Waals surface area contributed by atoms with Crippen molar-refractivity contribution in [3.63, 3.8) is 0 Å². The van der Waals surface area contributed by atoms with E-state index in [4.69, 9.17) is 0 Å². The van der Waals surface area contributed by atoms with Crippen LogP contribution in [0.4, 0.5) is 5.69 Å². The van der Waals surface area contributed by atoms with Gasteiger partial charge in [-0.15, -0.1) is 0 Å². The van der Waals surface area contributed by atoms with Crippen LogP contribution in [0.3, 0.4) is 0 Å². The fourth-order valence-electron chi connectivity index (χ4n) is 3.94. The zero-order valence-corrected chi connectivity index (χ0v) is 19.6. The van der Waals surface area contributed by atoms with Crippen LogP contribution in [-0.4, -0.2) is 14.3 Å². The zero-order valence-electron chi connectivity index (χ0n) is 18.8. The second-order valence-corrected chi connectivity index (χ2v) is 10.2. The molecule has 0 heterocycles. The van der Waals surface area contributed by atoms with Crippen molar-refractivity contribution in [1.29, 1.82) is 0 Å². The van der Waals surface area contributed by atoms with Gasteiger partial charge in [0.1, 0.15) is 0 Å². The molecule has 0 unspecified atom stereocenters. The molecule has 6 heteroatoms. The Morgan fingerprint density at radius 1 is 0.758 bits per heavy atom. The van der Waals surface area contributed by atoms with Crippen LogP contribution in [0.1, 0.15) is 35.3 Å². The van der Waals surface area contributed by atoms with E-state index in [1.54, 1.807) is 30.3 Å².